The number of likely N-dealkylation sites (tertiary alicyclic amines) is 1. The van der Waals surface area contributed by atoms with Crippen LogP contribution in [0.1, 0.15) is 35.7 Å². The van der Waals surface area contributed by atoms with Crippen molar-refractivity contribution in [3.8, 4) is 0 Å². The quantitative estimate of drug-likeness (QED) is 0.909. The molecular formula is C16H24ClFN2OS. The summed E-state index contributed by atoms with van der Waals surface area (Å²) in [5.74, 6) is 0.899. The zero-order valence-electron chi connectivity index (χ0n) is 13.0. The number of amides is 1. The maximum Gasteiger partial charge on any atom is 0.254 e. The highest BCUT2D eigenvalue weighted by molar-refractivity contribution is 7.97. The molecule has 1 aromatic carbocycles. The SMILES string of the molecule is CSCc1cc(C(=O)N2CCC(C)CC2CN)ccc1F.Cl. The van der Waals surface area contributed by atoms with Crippen molar-refractivity contribution in [2.75, 3.05) is 19.3 Å². The number of piperidine rings is 1. The highest BCUT2D eigenvalue weighted by atomic mass is 35.5. The van der Waals surface area contributed by atoms with Crippen molar-refractivity contribution in [3.05, 3.63) is 35.1 Å². The topological polar surface area (TPSA) is 46.3 Å². The van der Waals surface area contributed by atoms with Crippen LogP contribution in [0.4, 0.5) is 4.39 Å². The molecule has 1 aliphatic rings. The third-order valence-electron chi connectivity index (χ3n) is 4.10. The minimum Gasteiger partial charge on any atom is -0.334 e. The van der Waals surface area contributed by atoms with Crippen molar-refractivity contribution in [2.45, 2.75) is 31.6 Å². The summed E-state index contributed by atoms with van der Waals surface area (Å²) in [6.07, 6.45) is 3.87. The highest BCUT2D eigenvalue weighted by Gasteiger charge is 2.29. The van der Waals surface area contributed by atoms with Crippen LogP contribution in [-0.4, -0.2) is 36.2 Å². The fourth-order valence-electron chi connectivity index (χ4n) is 2.88. The summed E-state index contributed by atoms with van der Waals surface area (Å²) in [4.78, 5) is 14.5. The van der Waals surface area contributed by atoms with Crippen LogP contribution in [0.15, 0.2) is 18.2 Å². The molecular weight excluding hydrogens is 323 g/mol. The molecule has 1 aliphatic heterocycles. The van der Waals surface area contributed by atoms with E-state index >= 15 is 0 Å². The maximum atomic E-state index is 13.7. The van der Waals surface area contributed by atoms with E-state index in [2.05, 4.69) is 6.92 Å². The van der Waals surface area contributed by atoms with E-state index in [1.165, 1.54) is 6.07 Å². The molecule has 1 aromatic rings. The summed E-state index contributed by atoms with van der Waals surface area (Å²) in [6, 6.07) is 4.74. The second-order valence-electron chi connectivity index (χ2n) is 5.76. The first-order chi connectivity index (χ1) is 10.1. The van der Waals surface area contributed by atoms with Gasteiger partial charge in [0.05, 0.1) is 0 Å². The molecule has 1 saturated heterocycles. The Morgan fingerprint density at radius 1 is 1.50 bits per heavy atom. The van der Waals surface area contributed by atoms with Gasteiger partial charge in [-0.15, -0.1) is 12.4 Å². The van der Waals surface area contributed by atoms with E-state index in [1.807, 2.05) is 11.2 Å². The van der Waals surface area contributed by atoms with Gasteiger partial charge >= 0.3 is 0 Å². The van der Waals surface area contributed by atoms with Crippen molar-refractivity contribution in [1.29, 1.82) is 0 Å². The molecule has 2 rings (SSSR count). The van der Waals surface area contributed by atoms with Crippen molar-refractivity contribution >= 4 is 30.1 Å². The Hall–Kier alpha value is -0.780. The van der Waals surface area contributed by atoms with Crippen molar-refractivity contribution < 1.29 is 9.18 Å². The van der Waals surface area contributed by atoms with Crippen LogP contribution in [0.3, 0.4) is 0 Å². The van der Waals surface area contributed by atoms with Crippen molar-refractivity contribution in [3.63, 3.8) is 0 Å². The first-order valence-corrected chi connectivity index (χ1v) is 8.74. The number of benzene rings is 1. The number of halogens is 2. The standard InChI is InChI=1S/C16H23FN2OS.ClH/c1-11-5-6-19(14(7-11)9-18)16(20)12-3-4-15(17)13(8-12)10-21-2;/h3-4,8,11,14H,5-7,9-10,18H2,1-2H3;1H. The molecule has 0 aromatic heterocycles. The highest BCUT2D eigenvalue weighted by Crippen LogP contribution is 2.24. The van der Waals surface area contributed by atoms with Gasteiger partial charge in [-0.2, -0.15) is 11.8 Å². The van der Waals surface area contributed by atoms with Crippen molar-refractivity contribution in [2.24, 2.45) is 11.7 Å². The van der Waals surface area contributed by atoms with E-state index in [0.29, 0.717) is 29.3 Å². The Kier molecular flexibility index (Phi) is 7.66. The third kappa shape index (κ3) is 4.37. The van der Waals surface area contributed by atoms with Gasteiger partial charge in [0.1, 0.15) is 5.82 Å². The predicted molar refractivity (Wildman–Crippen MR) is 93.1 cm³/mol. The Morgan fingerprint density at radius 2 is 2.23 bits per heavy atom. The van der Waals surface area contributed by atoms with E-state index in [4.69, 9.17) is 5.73 Å². The minimum absolute atomic E-state index is 0. The number of carbonyl (C=O) groups excluding carboxylic acids is 1. The van der Waals surface area contributed by atoms with Crippen LogP contribution >= 0.6 is 24.2 Å². The molecule has 2 unspecified atom stereocenters. The molecule has 3 nitrogen and oxygen atoms in total. The summed E-state index contributed by atoms with van der Waals surface area (Å²) in [7, 11) is 0. The van der Waals surface area contributed by atoms with Crippen LogP contribution in [0, 0.1) is 11.7 Å². The molecule has 0 radical (unpaired) electrons. The lowest BCUT2D eigenvalue weighted by Gasteiger charge is -2.38. The fourth-order valence-corrected chi connectivity index (χ4v) is 3.41. The number of thioether (sulfide) groups is 1. The predicted octanol–water partition coefficient (Wildman–Crippen LogP) is 3.31. The largest absolute Gasteiger partial charge is 0.334 e. The average Bonchev–Trinajstić information content (AvgIpc) is 2.49. The van der Waals surface area contributed by atoms with Gasteiger partial charge in [0.25, 0.3) is 5.91 Å². The van der Waals surface area contributed by atoms with Gasteiger partial charge in [0.15, 0.2) is 0 Å². The summed E-state index contributed by atoms with van der Waals surface area (Å²) in [5, 5.41) is 0. The Morgan fingerprint density at radius 3 is 2.86 bits per heavy atom. The summed E-state index contributed by atoms with van der Waals surface area (Å²) in [6.45, 7) is 3.41. The average molecular weight is 347 g/mol. The van der Waals surface area contributed by atoms with Crippen LogP contribution in [0.25, 0.3) is 0 Å². The second-order valence-corrected chi connectivity index (χ2v) is 6.62. The molecule has 1 heterocycles. The van der Waals surface area contributed by atoms with E-state index in [9.17, 15) is 9.18 Å². The molecule has 22 heavy (non-hydrogen) atoms. The number of rotatable bonds is 4. The number of nitrogens with zero attached hydrogens (tertiary/aromatic N) is 1. The normalized spacial score (nSPS) is 21.4. The molecule has 6 heteroatoms. The number of hydrogen-bond acceptors (Lipinski definition) is 3. The molecule has 0 spiro atoms. The lowest BCUT2D eigenvalue weighted by molar-refractivity contribution is 0.0573. The molecule has 2 atom stereocenters. The molecule has 0 bridgehead atoms. The van der Waals surface area contributed by atoms with Gasteiger partial charge in [-0.25, -0.2) is 4.39 Å². The summed E-state index contributed by atoms with van der Waals surface area (Å²) < 4.78 is 13.7. The van der Waals surface area contributed by atoms with Crippen LogP contribution in [0.2, 0.25) is 0 Å². The first kappa shape index (κ1) is 19.3. The Bertz CT molecular complexity index is 515. The Balaban J connectivity index is 0.00000242. The van der Waals surface area contributed by atoms with Crippen LogP contribution < -0.4 is 5.73 Å². The smallest absolute Gasteiger partial charge is 0.254 e. The number of hydrogen-bond donors (Lipinski definition) is 1. The molecule has 1 amide bonds. The van der Waals surface area contributed by atoms with E-state index in [-0.39, 0.29) is 30.2 Å². The number of nitrogens with two attached hydrogens (primary N) is 1. The fraction of sp³-hybridized carbons (Fsp3) is 0.562. The second kappa shape index (κ2) is 8.75. The van der Waals surface area contributed by atoms with Crippen LogP contribution in [-0.2, 0) is 5.75 Å². The molecule has 0 saturated carbocycles. The monoisotopic (exact) mass is 346 g/mol. The van der Waals surface area contributed by atoms with E-state index < -0.39 is 0 Å². The van der Waals surface area contributed by atoms with Gasteiger partial charge in [-0.3, -0.25) is 4.79 Å². The lowest BCUT2D eigenvalue weighted by Crippen LogP contribution is -2.49. The molecule has 2 N–H and O–H groups in total. The van der Waals surface area contributed by atoms with Gasteiger partial charge in [0, 0.05) is 30.4 Å². The number of carbonyl (C=O) groups is 1. The van der Waals surface area contributed by atoms with Crippen LogP contribution in [0.5, 0.6) is 0 Å². The molecule has 0 aliphatic carbocycles. The Labute approximate surface area is 142 Å². The molecule has 1 fully saturated rings. The van der Waals surface area contributed by atoms with E-state index in [0.717, 1.165) is 19.4 Å². The van der Waals surface area contributed by atoms with Crippen molar-refractivity contribution in [1.82, 2.24) is 4.90 Å². The van der Waals surface area contributed by atoms with E-state index in [1.54, 1.807) is 23.9 Å². The zero-order valence-corrected chi connectivity index (χ0v) is 14.7. The maximum absolute atomic E-state index is 13.7. The minimum atomic E-state index is -0.247. The van der Waals surface area contributed by atoms with Gasteiger partial charge in [0.2, 0.25) is 0 Å². The lowest BCUT2D eigenvalue weighted by atomic mass is 9.92. The van der Waals surface area contributed by atoms with Gasteiger partial charge in [-0.1, -0.05) is 6.92 Å². The first-order valence-electron chi connectivity index (χ1n) is 7.35. The van der Waals surface area contributed by atoms with Gasteiger partial charge in [-0.05, 0) is 48.8 Å². The molecule has 124 valence electrons. The zero-order chi connectivity index (χ0) is 15.4. The summed E-state index contributed by atoms with van der Waals surface area (Å²) in [5.41, 5.74) is 6.97. The summed E-state index contributed by atoms with van der Waals surface area (Å²) >= 11 is 1.55. The van der Waals surface area contributed by atoms with Gasteiger partial charge < -0.3 is 10.6 Å². The third-order valence-corrected chi connectivity index (χ3v) is 4.70.